The molecule has 112 valence electrons. The van der Waals surface area contributed by atoms with E-state index in [4.69, 9.17) is 16.3 Å². The lowest BCUT2D eigenvalue weighted by Crippen LogP contribution is -2.24. The van der Waals surface area contributed by atoms with Gasteiger partial charge in [0.1, 0.15) is 0 Å². The van der Waals surface area contributed by atoms with Crippen LogP contribution >= 0.6 is 11.6 Å². The molecule has 0 aliphatic rings. The van der Waals surface area contributed by atoms with Crippen LogP contribution < -0.4 is 5.32 Å². The first kappa shape index (κ1) is 15.4. The van der Waals surface area contributed by atoms with E-state index in [1.807, 2.05) is 26.0 Å². The van der Waals surface area contributed by atoms with Gasteiger partial charge in [-0.3, -0.25) is 5.10 Å². The average molecular weight is 308 g/mol. The summed E-state index contributed by atoms with van der Waals surface area (Å²) in [6.07, 6.45) is 0. The second kappa shape index (κ2) is 6.63. The highest BCUT2D eigenvalue weighted by atomic mass is 35.5. The van der Waals surface area contributed by atoms with Gasteiger partial charge in [-0.2, -0.15) is 5.10 Å². The van der Waals surface area contributed by atoms with Crippen LogP contribution in [0.25, 0.3) is 0 Å². The Balaban J connectivity index is 2.32. The normalized spacial score (nSPS) is 12.0. The number of nitrogens with one attached hydrogen (secondary N) is 2. The number of rotatable bonds is 5. The Kier molecular flexibility index (Phi) is 4.85. The number of aryl methyl sites for hydroxylation is 2. The molecule has 2 N–H and O–H groups in total. The van der Waals surface area contributed by atoms with Crippen molar-refractivity contribution >= 4 is 23.3 Å². The SMILES string of the molecule is CCOC(=O)C(Nc1ccc(Cl)cc1)c1c(C)n[nH]c1C. The van der Waals surface area contributed by atoms with Crippen molar-refractivity contribution in [2.75, 3.05) is 11.9 Å². The third-order valence-corrected chi connectivity index (χ3v) is 3.40. The molecule has 21 heavy (non-hydrogen) atoms. The number of anilines is 1. The van der Waals surface area contributed by atoms with Crippen LogP contribution in [0.5, 0.6) is 0 Å². The van der Waals surface area contributed by atoms with Crippen LogP contribution in [0.3, 0.4) is 0 Å². The van der Waals surface area contributed by atoms with Crippen LogP contribution in [0.1, 0.15) is 29.9 Å². The molecule has 0 aliphatic heterocycles. The maximum Gasteiger partial charge on any atom is 0.333 e. The minimum Gasteiger partial charge on any atom is -0.464 e. The van der Waals surface area contributed by atoms with Crippen molar-refractivity contribution in [2.45, 2.75) is 26.8 Å². The largest absolute Gasteiger partial charge is 0.464 e. The Bertz CT molecular complexity index is 603. The Morgan fingerprint density at radius 1 is 1.38 bits per heavy atom. The summed E-state index contributed by atoms with van der Waals surface area (Å²) in [5.74, 6) is -0.333. The molecule has 0 fully saturated rings. The fourth-order valence-electron chi connectivity index (χ4n) is 2.17. The molecule has 2 aromatic rings. The van der Waals surface area contributed by atoms with E-state index in [9.17, 15) is 4.79 Å². The van der Waals surface area contributed by atoms with Crippen LogP contribution in [-0.4, -0.2) is 22.8 Å². The highest BCUT2D eigenvalue weighted by molar-refractivity contribution is 6.30. The molecule has 0 saturated heterocycles. The van der Waals surface area contributed by atoms with Crippen LogP contribution in [-0.2, 0) is 9.53 Å². The molecule has 0 amide bonds. The molecule has 1 unspecified atom stereocenters. The molecular formula is C15H18ClN3O2. The summed E-state index contributed by atoms with van der Waals surface area (Å²) >= 11 is 5.88. The number of halogens is 1. The topological polar surface area (TPSA) is 67.0 Å². The van der Waals surface area contributed by atoms with Crippen molar-refractivity contribution in [3.05, 3.63) is 46.2 Å². The third kappa shape index (κ3) is 3.55. The lowest BCUT2D eigenvalue weighted by atomic mass is 10.0. The van der Waals surface area contributed by atoms with Gasteiger partial charge in [-0.1, -0.05) is 11.6 Å². The van der Waals surface area contributed by atoms with Crippen molar-refractivity contribution < 1.29 is 9.53 Å². The molecule has 1 aromatic heterocycles. The van der Waals surface area contributed by atoms with Gasteiger partial charge in [0.2, 0.25) is 0 Å². The van der Waals surface area contributed by atoms with Crippen LogP contribution in [0.4, 0.5) is 5.69 Å². The Hall–Kier alpha value is -2.01. The zero-order valence-electron chi connectivity index (χ0n) is 12.2. The molecule has 0 radical (unpaired) electrons. The Morgan fingerprint density at radius 2 is 2.05 bits per heavy atom. The predicted molar refractivity (Wildman–Crippen MR) is 82.5 cm³/mol. The number of carbonyl (C=O) groups is 1. The van der Waals surface area contributed by atoms with Gasteiger partial charge in [0.05, 0.1) is 12.3 Å². The molecule has 6 heteroatoms. The van der Waals surface area contributed by atoms with E-state index in [1.54, 1.807) is 19.1 Å². The molecular weight excluding hydrogens is 290 g/mol. The lowest BCUT2D eigenvalue weighted by Gasteiger charge is -2.19. The van der Waals surface area contributed by atoms with Gasteiger partial charge in [-0.25, -0.2) is 4.79 Å². The van der Waals surface area contributed by atoms with E-state index in [0.717, 1.165) is 22.6 Å². The van der Waals surface area contributed by atoms with Crippen LogP contribution in [0.15, 0.2) is 24.3 Å². The van der Waals surface area contributed by atoms with E-state index in [2.05, 4.69) is 15.5 Å². The molecule has 2 rings (SSSR count). The van der Waals surface area contributed by atoms with E-state index in [1.165, 1.54) is 0 Å². The van der Waals surface area contributed by atoms with Crippen molar-refractivity contribution in [3.63, 3.8) is 0 Å². The standard InChI is InChI=1S/C15H18ClN3O2/c1-4-21-15(20)14(13-9(2)18-19-10(13)3)17-12-7-5-11(16)6-8-12/h5-8,14,17H,4H2,1-3H3,(H,18,19). The molecule has 0 spiro atoms. The highest BCUT2D eigenvalue weighted by Gasteiger charge is 2.27. The number of aromatic nitrogens is 2. The average Bonchev–Trinajstić information content (AvgIpc) is 2.78. The molecule has 1 heterocycles. The second-order valence-corrected chi connectivity index (χ2v) is 5.12. The Morgan fingerprint density at radius 3 is 2.57 bits per heavy atom. The third-order valence-electron chi connectivity index (χ3n) is 3.15. The molecule has 1 atom stereocenters. The summed E-state index contributed by atoms with van der Waals surface area (Å²) in [7, 11) is 0. The summed E-state index contributed by atoms with van der Waals surface area (Å²) in [4.78, 5) is 12.3. The van der Waals surface area contributed by atoms with Crippen molar-refractivity contribution in [1.29, 1.82) is 0 Å². The van der Waals surface area contributed by atoms with Gasteiger partial charge in [-0.15, -0.1) is 0 Å². The summed E-state index contributed by atoms with van der Waals surface area (Å²) in [6, 6.07) is 6.56. The summed E-state index contributed by atoms with van der Waals surface area (Å²) < 4.78 is 5.16. The molecule has 0 aliphatic carbocycles. The van der Waals surface area contributed by atoms with E-state index in [0.29, 0.717) is 11.6 Å². The van der Waals surface area contributed by atoms with Crippen LogP contribution in [0, 0.1) is 13.8 Å². The first-order valence-corrected chi connectivity index (χ1v) is 7.11. The number of carbonyl (C=O) groups excluding carboxylic acids is 1. The van der Waals surface area contributed by atoms with E-state index >= 15 is 0 Å². The first-order valence-electron chi connectivity index (χ1n) is 6.73. The number of esters is 1. The lowest BCUT2D eigenvalue weighted by molar-refractivity contribution is -0.144. The number of ether oxygens (including phenoxy) is 1. The van der Waals surface area contributed by atoms with Crippen molar-refractivity contribution in [1.82, 2.24) is 10.2 Å². The van der Waals surface area contributed by atoms with Gasteiger partial charge >= 0.3 is 5.97 Å². The number of hydrogen-bond acceptors (Lipinski definition) is 4. The van der Waals surface area contributed by atoms with E-state index in [-0.39, 0.29) is 5.97 Å². The van der Waals surface area contributed by atoms with Gasteiger partial charge in [0.25, 0.3) is 0 Å². The maximum absolute atomic E-state index is 12.3. The fourth-order valence-corrected chi connectivity index (χ4v) is 2.30. The Labute approximate surface area is 128 Å². The number of nitrogens with zero attached hydrogens (tertiary/aromatic N) is 1. The molecule has 1 aromatic carbocycles. The number of aromatic amines is 1. The quantitative estimate of drug-likeness (QED) is 0.831. The zero-order valence-corrected chi connectivity index (χ0v) is 13.0. The van der Waals surface area contributed by atoms with Crippen molar-refractivity contribution in [2.24, 2.45) is 0 Å². The van der Waals surface area contributed by atoms with Gasteiger partial charge in [0.15, 0.2) is 6.04 Å². The zero-order chi connectivity index (χ0) is 15.4. The summed E-state index contributed by atoms with van der Waals surface area (Å²) in [5.41, 5.74) is 3.21. The number of H-pyrrole nitrogens is 1. The smallest absolute Gasteiger partial charge is 0.333 e. The molecule has 0 bridgehead atoms. The van der Waals surface area contributed by atoms with Gasteiger partial charge in [-0.05, 0) is 45.0 Å². The summed E-state index contributed by atoms with van der Waals surface area (Å²) in [6.45, 7) is 5.85. The summed E-state index contributed by atoms with van der Waals surface area (Å²) in [5, 5.41) is 10.9. The minimum absolute atomic E-state index is 0.327. The maximum atomic E-state index is 12.3. The van der Waals surface area contributed by atoms with E-state index < -0.39 is 6.04 Å². The predicted octanol–water partition coefficient (Wildman–Crippen LogP) is 3.40. The van der Waals surface area contributed by atoms with Gasteiger partial charge < -0.3 is 10.1 Å². The van der Waals surface area contributed by atoms with Crippen LogP contribution in [0.2, 0.25) is 5.02 Å². The fraction of sp³-hybridized carbons (Fsp3) is 0.333. The monoisotopic (exact) mass is 307 g/mol. The van der Waals surface area contributed by atoms with Gasteiger partial charge in [0, 0.05) is 22.0 Å². The number of benzene rings is 1. The van der Waals surface area contributed by atoms with Crippen molar-refractivity contribution in [3.8, 4) is 0 Å². The highest BCUT2D eigenvalue weighted by Crippen LogP contribution is 2.26. The molecule has 5 nitrogen and oxygen atoms in total. The number of hydrogen-bond donors (Lipinski definition) is 2. The minimum atomic E-state index is -0.607. The first-order chi connectivity index (χ1) is 10.0. The molecule has 0 saturated carbocycles. The second-order valence-electron chi connectivity index (χ2n) is 4.68.